The van der Waals surface area contributed by atoms with Crippen molar-refractivity contribution in [3.8, 4) is 5.75 Å². The molecule has 1 saturated heterocycles. The molecule has 0 saturated carbocycles. The summed E-state index contributed by atoms with van der Waals surface area (Å²) < 4.78 is 11.2. The number of fused-ring (bicyclic) bond motifs is 1. The van der Waals surface area contributed by atoms with Crippen molar-refractivity contribution in [2.75, 3.05) is 20.2 Å². The van der Waals surface area contributed by atoms with Gasteiger partial charge in [-0.25, -0.2) is 0 Å². The summed E-state index contributed by atoms with van der Waals surface area (Å²) in [7, 11) is 1.71. The molecule has 1 aromatic carbocycles. The van der Waals surface area contributed by atoms with Crippen LogP contribution in [-0.4, -0.2) is 43.3 Å². The normalized spacial score (nSPS) is 33.5. The molecule has 116 valence electrons. The Morgan fingerprint density at radius 2 is 1.95 bits per heavy atom. The van der Waals surface area contributed by atoms with Crippen molar-refractivity contribution >= 4 is 0 Å². The summed E-state index contributed by atoms with van der Waals surface area (Å²) in [6.07, 6.45) is 2.79. The zero-order chi connectivity index (χ0) is 15.0. The lowest BCUT2D eigenvalue weighted by Crippen LogP contribution is -2.54. The smallest absolute Gasteiger partial charge is 0.119 e. The van der Waals surface area contributed by atoms with Gasteiger partial charge < -0.3 is 15.2 Å². The van der Waals surface area contributed by atoms with Gasteiger partial charge in [-0.3, -0.25) is 4.90 Å². The standard InChI is InChI=1S/C17H26N2O2/c1-11-9-19(10-12(2)21-11)16-7-5-13-4-6-14(20-3)8-15(13)17(16)18/h4,6,8,11-12,16-17H,5,7,9-10,18H2,1-3H3. The molecule has 1 fully saturated rings. The first-order valence-corrected chi connectivity index (χ1v) is 7.90. The predicted octanol–water partition coefficient (Wildman–Crippen LogP) is 2.12. The van der Waals surface area contributed by atoms with Crippen LogP contribution in [0.3, 0.4) is 0 Å². The lowest BCUT2D eigenvalue weighted by molar-refractivity contribution is -0.0847. The van der Waals surface area contributed by atoms with Crippen LogP contribution in [0.15, 0.2) is 18.2 Å². The van der Waals surface area contributed by atoms with Crippen LogP contribution < -0.4 is 10.5 Å². The molecular formula is C17H26N2O2. The number of hydrogen-bond acceptors (Lipinski definition) is 4. The van der Waals surface area contributed by atoms with E-state index in [2.05, 4.69) is 30.9 Å². The Morgan fingerprint density at radius 3 is 2.62 bits per heavy atom. The zero-order valence-corrected chi connectivity index (χ0v) is 13.2. The number of methoxy groups -OCH3 is 1. The van der Waals surface area contributed by atoms with Gasteiger partial charge in [0.2, 0.25) is 0 Å². The van der Waals surface area contributed by atoms with Crippen LogP contribution in [-0.2, 0) is 11.2 Å². The minimum Gasteiger partial charge on any atom is -0.497 e. The van der Waals surface area contributed by atoms with Gasteiger partial charge >= 0.3 is 0 Å². The van der Waals surface area contributed by atoms with E-state index in [1.54, 1.807) is 7.11 Å². The van der Waals surface area contributed by atoms with Crippen LogP contribution in [0.1, 0.15) is 37.4 Å². The van der Waals surface area contributed by atoms with Crippen molar-refractivity contribution in [3.05, 3.63) is 29.3 Å². The second kappa shape index (κ2) is 5.95. The van der Waals surface area contributed by atoms with Crippen molar-refractivity contribution in [2.45, 2.75) is 51.0 Å². The molecule has 21 heavy (non-hydrogen) atoms. The summed E-state index contributed by atoms with van der Waals surface area (Å²) in [5.74, 6) is 0.897. The minimum absolute atomic E-state index is 0.0568. The second-order valence-corrected chi connectivity index (χ2v) is 6.41. The maximum absolute atomic E-state index is 6.60. The largest absolute Gasteiger partial charge is 0.497 e. The molecule has 0 spiro atoms. The molecule has 1 heterocycles. The van der Waals surface area contributed by atoms with E-state index >= 15 is 0 Å². The molecule has 0 amide bonds. The molecule has 4 unspecified atom stereocenters. The van der Waals surface area contributed by atoms with E-state index < -0.39 is 0 Å². The number of nitrogens with zero attached hydrogens (tertiary/aromatic N) is 1. The van der Waals surface area contributed by atoms with Gasteiger partial charge in [0.05, 0.1) is 19.3 Å². The van der Waals surface area contributed by atoms with Gasteiger partial charge in [0.15, 0.2) is 0 Å². The molecule has 1 aliphatic carbocycles. The molecule has 3 rings (SSSR count). The predicted molar refractivity (Wildman–Crippen MR) is 83.6 cm³/mol. The summed E-state index contributed by atoms with van der Waals surface area (Å²) in [5.41, 5.74) is 9.21. The Bertz CT molecular complexity index is 496. The summed E-state index contributed by atoms with van der Waals surface area (Å²) >= 11 is 0. The van der Waals surface area contributed by atoms with Crippen LogP contribution >= 0.6 is 0 Å². The number of rotatable bonds is 2. The second-order valence-electron chi connectivity index (χ2n) is 6.41. The summed E-state index contributed by atoms with van der Waals surface area (Å²) in [6, 6.07) is 6.76. The summed E-state index contributed by atoms with van der Waals surface area (Å²) in [6.45, 7) is 6.24. The van der Waals surface area contributed by atoms with Gasteiger partial charge in [-0.2, -0.15) is 0 Å². The highest BCUT2D eigenvalue weighted by Gasteiger charge is 2.35. The van der Waals surface area contributed by atoms with E-state index in [1.165, 1.54) is 11.1 Å². The quantitative estimate of drug-likeness (QED) is 0.906. The number of nitrogens with two attached hydrogens (primary N) is 1. The molecule has 4 heteroatoms. The van der Waals surface area contributed by atoms with Gasteiger partial charge in [-0.05, 0) is 49.9 Å². The number of morpholine rings is 1. The lowest BCUT2D eigenvalue weighted by Gasteiger charge is -2.44. The van der Waals surface area contributed by atoms with Gasteiger partial charge in [0.1, 0.15) is 5.75 Å². The van der Waals surface area contributed by atoms with Crippen molar-refractivity contribution in [1.82, 2.24) is 4.90 Å². The van der Waals surface area contributed by atoms with Gasteiger partial charge in [-0.1, -0.05) is 6.07 Å². The summed E-state index contributed by atoms with van der Waals surface area (Å²) in [5, 5.41) is 0. The fraction of sp³-hybridized carbons (Fsp3) is 0.647. The first kappa shape index (κ1) is 14.8. The van der Waals surface area contributed by atoms with Gasteiger partial charge in [0.25, 0.3) is 0 Å². The van der Waals surface area contributed by atoms with Crippen molar-refractivity contribution < 1.29 is 9.47 Å². The lowest BCUT2D eigenvalue weighted by atomic mass is 9.83. The van der Waals surface area contributed by atoms with E-state index in [0.717, 1.165) is 31.7 Å². The van der Waals surface area contributed by atoms with Crippen LogP contribution in [0.4, 0.5) is 0 Å². The van der Waals surface area contributed by atoms with E-state index in [4.69, 9.17) is 15.2 Å². The molecule has 0 radical (unpaired) electrons. The Balaban J connectivity index is 1.82. The monoisotopic (exact) mass is 290 g/mol. The first-order chi connectivity index (χ1) is 10.1. The number of hydrogen-bond donors (Lipinski definition) is 1. The van der Waals surface area contributed by atoms with Crippen molar-refractivity contribution in [2.24, 2.45) is 5.73 Å². The zero-order valence-electron chi connectivity index (χ0n) is 13.2. The highest BCUT2D eigenvalue weighted by molar-refractivity contribution is 5.40. The topological polar surface area (TPSA) is 47.7 Å². The third kappa shape index (κ3) is 2.93. The van der Waals surface area contributed by atoms with E-state index in [0.29, 0.717) is 6.04 Å². The van der Waals surface area contributed by atoms with Crippen LogP contribution in [0.2, 0.25) is 0 Å². The highest BCUT2D eigenvalue weighted by Crippen LogP contribution is 2.34. The Morgan fingerprint density at radius 1 is 1.24 bits per heavy atom. The third-order valence-corrected chi connectivity index (χ3v) is 4.75. The van der Waals surface area contributed by atoms with E-state index in [1.807, 2.05) is 6.07 Å². The molecule has 2 aliphatic rings. The molecule has 4 atom stereocenters. The Hall–Kier alpha value is -1.10. The Kier molecular flexibility index (Phi) is 4.20. The van der Waals surface area contributed by atoms with E-state index in [-0.39, 0.29) is 18.2 Å². The highest BCUT2D eigenvalue weighted by atomic mass is 16.5. The molecule has 2 N–H and O–H groups in total. The SMILES string of the molecule is COc1ccc2c(c1)C(N)C(N1CC(C)OC(C)C1)CC2. The molecular weight excluding hydrogens is 264 g/mol. The average molecular weight is 290 g/mol. The van der Waals surface area contributed by atoms with Gasteiger partial charge in [0, 0.05) is 25.2 Å². The van der Waals surface area contributed by atoms with Crippen LogP contribution in [0, 0.1) is 0 Å². The molecule has 1 aliphatic heterocycles. The fourth-order valence-electron chi connectivity index (χ4n) is 3.83. The number of aryl methyl sites for hydroxylation is 1. The van der Waals surface area contributed by atoms with Crippen molar-refractivity contribution in [3.63, 3.8) is 0 Å². The fourth-order valence-corrected chi connectivity index (χ4v) is 3.83. The molecule has 0 aromatic heterocycles. The Labute approximate surface area is 127 Å². The maximum Gasteiger partial charge on any atom is 0.119 e. The van der Waals surface area contributed by atoms with E-state index in [9.17, 15) is 0 Å². The first-order valence-electron chi connectivity index (χ1n) is 7.90. The number of ether oxygens (including phenoxy) is 2. The molecule has 0 bridgehead atoms. The summed E-state index contributed by atoms with van der Waals surface area (Å²) in [4.78, 5) is 2.52. The van der Waals surface area contributed by atoms with Crippen LogP contribution in [0.25, 0.3) is 0 Å². The van der Waals surface area contributed by atoms with Gasteiger partial charge in [-0.15, -0.1) is 0 Å². The van der Waals surface area contributed by atoms with Crippen molar-refractivity contribution in [1.29, 1.82) is 0 Å². The minimum atomic E-state index is 0.0568. The molecule has 4 nitrogen and oxygen atoms in total. The maximum atomic E-state index is 6.60. The third-order valence-electron chi connectivity index (χ3n) is 4.75. The average Bonchev–Trinajstić information content (AvgIpc) is 2.46. The molecule has 1 aromatic rings. The number of benzene rings is 1. The van der Waals surface area contributed by atoms with Crippen LogP contribution in [0.5, 0.6) is 5.75 Å².